The minimum atomic E-state index is 0.390. The van der Waals surface area contributed by atoms with Crippen molar-refractivity contribution in [3.05, 3.63) is 33.8 Å². The average Bonchev–Trinajstić information content (AvgIpc) is 2.62. The van der Waals surface area contributed by atoms with E-state index < -0.39 is 0 Å². The summed E-state index contributed by atoms with van der Waals surface area (Å²) in [6, 6.07) is 4.32. The van der Waals surface area contributed by atoms with Crippen molar-refractivity contribution in [2.45, 2.75) is 46.4 Å². The monoisotopic (exact) mass is 328 g/mol. The molecule has 0 aromatic heterocycles. The molecule has 1 fully saturated rings. The second kappa shape index (κ2) is 4.24. The minimum Gasteiger partial charge on any atom is -0.0840 e. The lowest BCUT2D eigenvalue weighted by molar-refractivity contribution is 0.457. The van der Waals surface area contributed by atoms with Crippen LogP contribution in [-0.4, -0.2) is 0 Å². The summed E-state index contributed by atoms with van der Waals surface area (Å²) in [5, 5.41) is 0.866. The van der Waals surface area contributed by atoms with Crippen molar-refractivity contribution in [2.75, 3.05) is 0 Å². The van der Waals surface area contributed by atoms with E-state index in [4.69, 9.17) is 11.6 Å². The van der Waals surface area contributed by atoms with E-state index in [1.165, 1.54) is 11.1 Å². The van der Waals surface area contributed by atoms with Crippen LogP contribution in [0.25, 0.3) is 0 Å². The van der Waals surface area contributed by atoms with Crippen LogP contribution >= 0.6 is 27.5 Å². The molecule has 1 unspecified atom stereocenters. The van der Waals surface area contributed by atoms with Gasteiger partial charge in [0.05, 0.1) is 0 Å². The molecule has 0 heterocycles. The Bertz CT molecular complexity index is 474. The van der Waals surface area contributed by atoms with Crippen molar-refractivity contribution in [1.82, 2.24) is 0 Å². The molecular weight excluding hydrogens is 308 g/mol. The standard InChI is InChI=1S/C16H22BrCl/c1-9-8-12(18)10(2)7-11(9)13(17)14-15(3,4)16(14,5)6/h7-8,13-14H,1-6H3. The second-order valence-electron chi connectivity index (χ2n) is 6.78. The summed E-state index contributed by atoms with van der Waals surface area (Å²) in [4.78, 5) is 0.415. The molecule has 1 aliphatic carbocycles. The molecule has 1 aromatic carbocycles. The highest BCUT2D eigenvalue weighted by molar-refractivity contribution is 9.09. The highest BCUT2D eigenvalue weighted by Crippen LogP contribution is 2.74. The molecule has 0 saturated heterocycles. The van der Waals surface area contributed by atoms with Crippen LogP contribution in [0.15, 0.2) is 12.1 Å². The van der Waals surface area contributed by atoms with E-state index in [0.717, 1.165) is 10.6 Å². The molecule has 1 aliphatic rings. The number of aryl methyl sites for hydroxylation is 2. The zero-order valence-electron chi connectivity index (χ0n) is 12.1. The molecule has 0 aliphatic heterocycles. The summed E-state index contributed by atoms with van der Waals surface area (Å²) in [5.41, 5.74) is 4.62. The van der Waals surface area contributed by atoms with E-state index in [2.05, 4.69) is 69.6 Å². The van der Waals surface area contributed by atoms with Crippen molar-refractivity contribution in [3.8, 4) is 0 Å². The van der Waals surface area contributed by atoms with Gasteiger partial charge < -0.3 is 0 Å². The van der Waals surface area contributed by atoms with Crippen LogP contribution in [0.2, 0.25) is 5.02 Å². The number of halogens is 2. The van der Waals surface area contributed by atoms with E-state index in [1.807, 2.05) is 0 Å². The van der Waals surface area contributed by atoms with Crippen LogP contribution in [0.1, 0.15) is 49.2 Å². The van der Waals surface area contributed by atoms with Gasteiger partial charge in [-0.3, -0.25) is 0 Å². The molecule has 1 aromatic rings. The second-order valence-corrected chi connectivity index (χ2v) is 8.17. The average molecular weight is 330 g/mol. The fraction of sp³-hybridized carbons (Fsp3) is 0.625. The summed E-state index contributed by atoms with van der Waals surface area (Å²) < 4.78 is 0. The lowest BCUT2D eigenvalue weighted by Crippen LogP contribution is -2.02. The van der Waals surface area contributed by atoms with E-state index in [-0.39, 0.29) is 0 Å². The first-order chi connectivity index (χ1) is 8.10. The van der Waals surface area contributed by atoms with Gasteiger partial charge in [-0.15, -0.1) is 0 Å². The molecule has 100 valence electrons. The molecule has 0 bridgehead atoms. The van der Waals surface area contributed by atoms with Gasteiger partial charge in [0.2, 0.25) is 0 Å². The highest BCUT2D eigenvalue weighted by atomic mass is 79.9. The molecule has 2 heteroatoms. The van der Waals surface area contributed by atoms with Crippen LogP contribution in [0.3, 0.4) is 0 Å². The molecular formula is C16H22BrCl. The van der Waals surface area contributed by atoms with E-state index in [0.29, 0.717) is 21.6 Å². The number of benzene rings is 1. The topological polar surface area (TPSA) is 0 Å². The zero-order chi connectivity index (χ0) is 13.9. The molecule has 0 radical (unpaired) electrons. The van der Waals surface area contributed by atoms with Gasteiger partial charge in [0.1, 0.15) is 0 Å². The molecule has 1 atom stereocenters. The van der Waals surface area contributed by atoms with Gasteiger partial charge in [0.15, 0.2) is 0 Å². The smallest absolute Gasteiger partial charge is 0.0438 e. The Hall–Kier alpha value is -0.0100. The van der Waals surface area contributed by atoms with Crippen molar-refractivity contribution >= 4 is 27.5 Å². The maximum absolute atomic E-state index is 6.18. The Morgan fingerprint density at radius 2 is 1.56 bits per heavy atom. The van der Waals surface area contributed by atoms with Crippen molar-refractivity contribution in [3.63, 3.8) is 0 Å². The van der Waals surface area contributed by atoms with Gasteiger partial charge in [0.25, 0.3) is 0 Å². The predicted molar refractivity (Wildman–Crippen MR) is 83.6 cm³/mol. The maximum Gasteiger partial charge on any atom is 0.0438 e. The minimum absolute atomic E-state index is 0.390. The zero-order valence-corrected chi connectivity index (χ0v) is 14.4. The lowest BCUT2D eigenvalue weighted by Gasteiger charge is -2.17. The third-order valence-electron chi connectivity index (χ3n) is 5.27. The maximum atomic E-state index is 6.18. The van der Waals surface area contributed by atoms with Crippen LogP contribution in [0.5, 0.6) is 0 Å². The van der Waals surface area contributed by atoms with E-state index >= 15 is 0 Å². The Morgan fingerprint density at radius 1 is 1.06 bits per heavy atom. The van der Waals surface area contributed by atoms with Crippen LogP contribution < -0.4 is 0 Å². The molecule has 0 nitrogen and oxygen atoms in total. The van der Waals surface area contributed by atoms with Crippen molar-refractivity contribution in [2.24, 2.45) is 16.7 Å². The first-order valence-corrected chi connectivity index (χ1v) is 7.80. The summed E-state index contributed by atoms with van der Waals surface area (Å²) in [6.45, 7) is 13.7. The van der Waals surface area contributed by atoms with E-state index in [1.54, 1.807) is 0 Å². The first-order valence-electron chi connectivity index (χ1n) is 6.51. The Labute approximate surface area is 124 Å². The van der Waals surface area contributed by atoms with E-state index in [9.17, 15) is 0 Å². The SMILES string of the molecule is Cc1cc(C(Br)C2C(C)(C)C2(C)C)c(C)cc1Cl. The quantitative estimate of drug-likeness (QED) is 0.577. The Kier molecular flexibility index (Phi) is 3.40. The Balaban J connectivity index is 2.37. The largest absolute Gasteiger partial charge is 0.0840 e. The predicted octanol–water partition coefficient (Wildman–Crippen LogP) is 6.08. The van der Waals surface area contributed by atoms with Gasteiger partial charge in [-0.2, -0.15) is 0 Å². The summed E-state index contributed by atoms with van der Waals surface area (Å²) in [5.74, 6) is 0.671. The molecule has 1 saturated carbocycles. The van der Waals surface area contributed by atoms with Gasteiger partial charge in [-0.1, -0.05) is 61.3 Å². The van der Waals surface area contributed by atoms with Gasteiger partial charge in [0, 0.05) is 9.85 Å². The normalized spacial score (nSPS) is 22.9. The summed E-state index contributed by atoms with van der Waals surface area (Å²) in [7, 11) is 0. The van der Waals surface area contributed by atoms with Crippen molar-refractivity contribution < 1.29 is 0 Å². The van der Waals surface area contributed by atoms with Crippen molar-refractivity contribution in [1.29, 1.82) is 0 Å². The fourth-order valence-electron chi connectivity index (χ4n) is 3.26. The number of hydrogen-bond acceptors (Lipinski definition) is 0. The summed E-state index contributed by atoms with van der Waals surface area (Å²) >= 11 is 10.1. The first kappa shape index (κ1) is 14.4. The molecule has 18 heavy (non-hydrogen) atoms. The Morgan fingerprint density at radius 3 is 2.00 bits per heavy atom. The fourth-order valence-corrected chi connectivity index (χ4v) is 5.29. The third kappa shape index (κ3) is 1.94. The van der Waals surface area contributed by atoms with Crippen LogP contribution in [0, 0.1) is 30.6 Å². The number of rotatable bonds is 2. The molecule has 2 rings (SSSR count). The summed E-state index contributed by atoms with van der Waals surface area (Å²) in [6.07, 6.45) is 0. The number of hydrogen-bond donors (Lipinski definition) is 0. The van der Waals surface area contributed by atoms with Gasteiger partial charge in [-0.05, 0) is 53.4 Å². The highest BCUT2D eigenvalue weighted by Gasteiger charge is 2.66. The van der Waals surface area contributed by atoms with Gasteiger partial charge >= 0.3 is 0 Å². The molecule has 0 N–H and O–H groups in total. The number of alkyl halides is 1. The van der Waals surface area contributed by atoms with Crippen LogP contribution in [-0.2, 0) is 0 Å². The third-order valence-corrected chi connectivity index (χ3v) is 6.70. The van der Waals surface area contributed by atoms with Crippen LogP contribution in [0.4, 0.5) is 0 Å². The lowest BCUT2D eigenvalue weighted by atomic mass is 9.97. The molecule has 0 spiro atoms. The van der Waals surface area contributed by atoms with Gasteiger partial charge in [-0.25, -0.2) is 0 Å². The molecule has 0 amide bonds.